The Morgan fingerprint density at radius 1 is 1.30 bits per heavy atom. The van der Waals surface area contributed by atoms with Crippen LogP contribution in [0.4, 0.5) is 10.2 Å². The highest BCUT2D eigenvalue weighted by atomic mass is 35.5. The van der Waals surface area contributed by atoms with Gasteiger partial charge in [-0.2, -0.15) is 9.97 Å². The van der Waals surface area contributed by atoms with Crippen molar-refractivity contribution in [2.24, 2.45) is 0 Å². The zero-order valence-electron chi connectivity index (χ0n) is 20.3. The lowest BCUT2D eigenvalue weighted by Crippen LogP contribution is -2.31. The van der Waals surface area contributed by atoms with Crippen LogP contribution in [0.1, 0.15) is 12.8 Å². The van der Waals surface area contributed by atoms with Gasteiger partial charge in [-0.1, -0.05) is 36.4 Å². The minimum Gasteiger partial charge on any atom is -0.462 e. The summed E-state index contributed by atoms with van der Waals surface area (Å²) in [6, 6.07) is 10.4. The number of ether oxygens (including phenoxy) is 1. The molecule has 5 rings (SSSR count). The molecule has 1 aliphatic heterocycles. The van der Waals surface area contributed by atoms with Gasteiger partial charge in [-0.3, -0.25) is 4.79 Å². The van der Waals surface area contributed by atoms with Crippen molar-refractivity contribution in [1.82, 2.24) is 25.2 Å². The van der Waals surface area contributed by atoms with Gasteiger partial charge in [0.1, 0.15) is 12.4 Å². The molecule has 0 bridgehead atoms. The fourth-order valence-electron chi connectivity index (χ4n) is 4.39. The number of hydrogen-bond donors (Lipinski definition) is 2. The van der Waals surface area contributed by atoms with E-state index >= 15 is 0 Å². The summed E-state index contributed by atoms with van der Waals surface area (Å²) in [7, 11) is 2.08. The summed E-state index contributed by atoms with van der Waals surface area (Å²) in [5.74, 6) is -1.43. The normalized spacial score (nSPS) is 15.8. The molecule has 1 saturated heterocycles. The number of likely N-dealkylation sites (N-methyl/N-ethyl adjacent to an activating group) is 1. The molecule has 192 valence electrons. The maximum Gasteiger partial charge on any atom is 0.320 e. The molecule has 1 amide bonds. The fourth-order valence-corrected chi connectivity index (χ4v) is 5.56. The molecule has 8 nitrogen and oxygen atoms in total. The molecule has 1 aliphatic rings. The van der Waals surface area contributed by atoms with Gasteiger partial charge in [-0.05, 0) is 49.3 Å². The van der Waals surface area contributed by atoms with E-state index in [1.807, 2.05) is 17.5 Å². The minimum atomic E-state index is -1.04. The van der Waals surface area contributed by atoms with E-state index in [0.29, 0.717) is 40.2 Å². The Labute approximate surface area is 222 Å². The van der Waals surface area contributed by atoms with Crippen molar-refractivity contribution >= 4 is 55.8 Å². The summed E-state index contributed by atoms with van der Waals surface area (Å²) >= 11 is 8.36. The molecule has 4 aromatic rings. The molecule has 0 saturated carbocycles. The predicted octanol–water partition coefficient (Wildman–Crippen LogP) is 5.04. The van der Waals surface area contributed by atoms with Gasteiger partial charge in [0.15, 0.2) is 11.5 Å². The number of benzene rings is 1. The fraction of sp³-hybridized carbons (Fsp3) is 0.308. The van der Waals surface area contributed by atoms with Crippen LogP contribution in [0, 0.1) is 0 Å². The first-order chi connectivity index (χ1) is 17.9. The average Bonchev–Trinajstić information content (AvgIpc) is 3.53. The van der Waals surface area contributed by atoms with Gasteiger partial charge in [-0.15, -0.1) is 11.3 Å². The highest BCUT2D eigenvalue weighted by Gasteiger charge is 2.23. The first-order valence-electron chi connectivity index (χ1n) is 11.9. The number of nitrogens with one attached hydrogen (secondary N) is 2. The number of carbonyl (C=O) groups excluding carboxylic acids is 1. The molecule has 11 heteroatoms. The number of thiophene rings is 1. The zero-order valence-corrected chi connectivity index (χ0v) is 21.8. The molecule has 0 spiro atoms. The summed E-state index contributed by atoms with van der Waals surface area (Å²) in [5.41, 5.74) is 1.99. The highest BCUT2D eigenvalue weighted by molar-refractivity contribution is 7.17. The van der Waals surface area contributed by atoms with Crippen LogP contribution in [-0.4, -0.2) is 65.1 Å². The highest BCUT2D eigenvalue weighted by Crippen LogP contribution is 2.37. The number of nitrogens with zero attached hydrogens (tertiary/aromatic N) is 4. The van der Waals surface area contributed by atoms with Crippen molar-refractivity contribution < 1.29 is 13.9 Å². The summed E-state index contributed by atoms with van der Waals surface area (Å²) < 4.78 is 20.1. The van der Waals surface area contributed by atoms with Gasteiger partial charge in [0.2, 0.25) is 0 Å². The van der Waals surface area contributed by atoms with Crippen LogP contribution >= 0.6 is 22.9 Å². The molecule has 0 unspecified atom stereocenters. The number of likely N-dealkylation sites (tertiary alicyclic amines) is 1. The van der Waals surface area contributed by atoms with Gasteiger partial charge in [0, 0.05) is 29.4 Å². The third-order valence-electron chi connectivity index (χ3n) is 6.38. The molecule has 0 radical (unpaired) electrons. The van der Waals surface area contributed by atoms with Gasteiger partial charge >= 0.3 is 6.01 Å². The van der Waals surface area contributed by atoms with Crippen molar-refractivity contribution in [3.05, 3.63) is 53.1 Å². The average molecular weight is 541 g/mol. The van der Waals surface area contributed by atoms with Gasteiger partial charge in [-0.25, -0.2) is 9.37 Å². The Bertz CT molecular complexity index is 1480. The number of halogens is 2. The van der Waals surface area contributed by atoms with Crippen molar-refractivity contribution in [1.29, 1.82) is 0 Å². The molecular formula is C26H26ClFN6O2S. The summed E-state index contributed by atoms with van der Waals surface area (Å²) in [4.78, 5) is 27.7. The summed E-state index contributed by atoms with van der Waals surface area (Å²) in [6.45, 7) is 4.94. The monoisotopic (exact) mass is 540 g/mol. The van der Waals surface area contributed by atoms with Crippen molar-refractivity contribution in [3.8, 4) is 17.3 Å². The molecule has 1 fully saturated rings. The first-order valence-corrected chi connectivity index (χ1v) is 13.2. The number of fused-ring (bicyclic) bond motifs is 2. The number of pyridine rings is 1. The van der Waals surface area contributed by atoms with Crippen LogP contribution in [0.3, 0.4) is 0 Å². The summed E-state index contributed by atoms with van der Waals surface area (Å²) in [5, 5.41) is 9.84. The van der Waals surface area contributed by atoms with E-state index in [9.17, 15) is 9.18 Å². The van der Waals surface area contributed by atoms with E-state index in [0.717, 1.165) is 35.0 Å². The third-order valence-corrected chi connectivity index (χ3v) is 7.63. The number of hydrogen-bond acceptors (Lipinski definition) is 8. The van der Waals surface area contributed by atoms with Crippen LogP contribution < -0.4 is 15.4 Å². The van der Waals surface area contributed by atoms with E-state index in [1.54, 1.807) is 17.4 Å². The SMILES string of the molecule is C=C(F)C(=O)NCCNc1nc(OC[C@@H]2CCCN2C)nc2nc(-c3cccc4ccsc34)c(Cl)cc12. The topological polar surface area (TPSA) is 92.3 Å². The predicted molar refractivity (Wildman–Crippen MR) is 146 cm³/mol. The van der Waals surface area contributed by atoms with Crippen LogP contribution in [0.5, 0.6) is 6.01 Å². The standard InChI is InChI=1S/C26H26ClFN6O2S/c1-15(28)25(35)30-10-9-29-23-19-13-20(27)21(18-7-3-5-16-8-12-37-22(16)18)31-24(19)33-26(32-23)36-14-17-6-4-11-34(17)2/h3,5,7-8,12-13,17H,1,4,6,9-11,14H2,2H3,(H,30,35)(H,29,31,32,33)/t17-/m0/s1. The van der Waals surface area contributed by atoms with E-state index in [4.69, 9.17) is 21.3 Å². The smallest absolute Gasteiger partial charge is 0.320 e. The van der Waals surface area contributed by atoms with Crippen LogP contribution in [-0.2, 0) is 4.79 Å². The molecule has 37 heavy (non-hydrogen) atoms. The van der Waals surface area contributed by atoms with Gasteiger partial charge in [0.05, 0.1) is 16.1 Å². The first kappa shape index (κ1) is 25.3. The largest absolute Gasteiger partial charge is 0.462 e. The lowest BCUT2D eigenvalue weighted by Gasteiger charge is -2.19. The minimum absolute atomic E-state index is 0.163. The van der Waals surface area contributed by atoms with Gasteiger partial charge < -0.3 is 20.3 Å². The lowest BCUT2D eigenvalue weighted by atomic mass is 10.1. The molecule has 2 N–H and O–H groups in total. The van der Waals surface area contributed by atoms with E-state index in [-0.39, 0.29) is 19.1 Å². The second kappa shape index (κ2) is 11.0. The van der Waals surface area contributed by atoms with Crippen LogP contribution in [0.15, 0.2) is 48.1 Å². The van der Waals surface area contributed by atoms with Gasteiger partial charge in [0.25, 0.3) is 5.91 Å². The Hall–Kier alpha value is -3.34. The number of amides is 1. The Kier molecular flexibility index (Phi) is 7.50. The van der Waals surface area contributed by atoms with Crippen molar-refractivity contribution in [2.45, 2.75) is 18.9 Å². The molecular weight excluding hydrogens is 515 g/mol. The zero-order chi connectivity index (χ0) is 25.9. The number of carbonyl (C=O) groups is 1. The molecule has 4 heterocycles. The molecule has 3 aromatic heterocycles. The third kappa shape index (κ3) is 5.51. The van der Waals surface area contributed by atoms with Crippen molar-refractivity contribution in [3.63, 3.8) is 0 Å². The van der Waals surface area contributed by atoms with Crippen molar-refractivity contribution in [2.75, 3.05) is 38.6 Å². The second-order valence-electron chi connectivity index (χ2n) is 8.86. The van der Waals surface area contributed by atoms with E-state index < -0.39 is 11.7 Å². The second-order valence-corrected chi connectivity index (χ2v) is 10.2. The molecule has 0 aliphatic carbocycles. The molecule has 1 atom stereocenters. The number of aromatic nitrogens is 3. The quantitative estimate of drug-likeness (QED) is 0.227. The number of rotatable bonds is 9. The van der Waals surface area contributed by atoms with Crippen LogP contribution in [0.25, 0.3) is 32.4 Å². The Morgan fingerprint density at radius 3 is 2.95 bits per heavy atom. The maximum atomic E-state index is 13.0. The lowest BCUT2D eigenvalue weighted by molar-refractivity contribution is -0.118. The van der Waals surface area contributed by atoms with E-state index in [1.165, 1.54) is 0 Å². The summed E-state index contributed by atoms with van der Waals surface area (Å²) in [6.07, 6.45) is 2.18. The molecule has 1 aromatic carbocycles. The Balaban J connectivity index is 1.48. The van der Waals surface area contributed by atoms with Crippen LogP contribution in [0.2, 0.25) is 5.02 Å². The van der Waals surface area contributed by atoms with E-state index in [2.05, 4.69) is 51.3 Å². The number of anilines is 1. The Morgan fingerprint density at radius 2 is 2.16 bits per heavy atom. The maximum absolute atomic E-state index is 13.0.